The molecule has 1 unspecified atom stereocenters. The van der Waals surface area contributed by atoms with Gasteiger partial charge in [0.1, 0.15) is 0 Å². The van der Waals surface area contributed by atoms with E-state index in [4.69, 9.17) is 21.5 Å². The van der Waals surface area contributed by atoms with Crippen LogP contribution in [0.2, 0.25) is 5.02 Å². The second-order valence-electron chi connectivity index (χ2n) is 4.73. The van der Waals surface area contributed by atoms with Crippen LogP contribution in [0.25, 0.3) is 0 Å². The van der Waals surface area contributed by atoms with Crippen LogP contribution in [0, 0.1) is 5.92 Å². The van der Waals surface area contributed by atoms with E-state index in [1.165, 1.54) is 0 Å². The maximum absolute atomic E-state index is 10.8. The molecule has 0 radical (unpaired) electrons. The van der Waals surface area contributed by atoms with Crippen molar-refractivity contribution in [3.63, 3.8) is 0 Å². The quantitative estimate of drug-likeness (QED) is 0.750. The zero-order chi connectivity index (χ0) is 14.3. The standard InChI is InChI=1S/C13H20ClNO3S/c1-11(7-9-19(15,16)17)6-8-18-10-12-2-4-13(14)5-3-12/h2-5,11H,6-10H2,1H3,(H2,15,16,17). The molecule has 0 heterocycles. The summed E-state index contributed by atoms with van der Waals surface area (Å²) in [6.45, 7) is 3.14. The summed E-state index contributed by atoms with van der Waals surface area (Å²) in [6.07, 6.45) is 1.40. The van der Waals surface area contributed by atoms with Crippen LogP contribution < -0.4 is 5.14 Å². The molecule has 0 fully saturated rings. The fraction of sp³-hybridized carbons (Fsp3) is 0.538. The first-order chi connectivity index (χ1) is 8.87. The third-order valence-corrected chi connectivity index (χ3v) is 3.89. The lowest BCUT2D eigenvalue weighted by Crippen LogP contribution is -2.18. The van der Waals surface area contributed by atoms with E-state index < -0.39 is 10.0 Å². The van der Waals surface area contributed by atoms with Gasteiger partial charge in [-0.05, 0) is 36.5 Å². The van der Waals surface area contributed by atoms with E-state index in [1.807, 2.05) is 31.2 Å². The molecule has 0 aliphatic carbocycles. The monoisotopic (exact) mass is 305 g/mol. The molecule has 1 aromatic rings. The SMILES string of the molecule is CC(CCOCc1ccc(Cl)cc1)CCS(N)(=O)=O. The number of nitrogens with two attached hydrogens (primary N) is 1. The molecule has 0 spiro atoms. The van der Waals surface area contributed by atoms with Gasteiger partial charge in [-0.2, -0.15) is 0 Å². The highest BCUT2D eigenvalue weighted by molar-refractivity contribution is 7.89. The maximum atomic E-state index is 10.8. The van der Waals surface area contributed by atoms with Crippen molar-refractivity contribution in [1.29, 1.82) is 0 Å². The Kier molecular flexibility index (Phi) is 6.79. The van der Waals surface area contributed by atoms with E-state index >= 15 is 0 Å². The molecule has 0 amide bonds. The van der Waals surface area contributed by atoms with Crippen molar-refractivity contribution in [2.75, 3.05) is 12.4 Å². The van der Waals surface area contributed by atoms with Crippen LogP contribution >= 0.6 is 11.6 Å². The summed E-state index contributed by atoms with van der Waals surface area (Å²) in [4.78, 5) is 0. The lowest BCUT2D eigenvalue weighted by Gasteiger charge is -2.11. The van der Waals surface area contributed by atoms with Crippen LogP contribution in [0.15, 0.2) is 24.3 Å². The van der Waals surface area contributed by atoms with Gasteiger partial charge in [0.25, 0.3) is 0 Å². The first kappa shape index (κ1) is 16.4. The topological polar surface area (TPSA) is 69.4 Å². The number of hydrogen-bond acceptors (Lipinski definition) is 3. The fourth-order valence-corrected chi connectivity index (χ4v) is 2.42. The number of primary sulfonamides is 1. The van der Waals surface area contributed by atoms with Gasteiger partial charge in [-0.3, -0.25) is 0 Å². The van der Waals surface area contributed by atoms with Gasteiger partial charge >= 0.3 is 0 Å². The highest BCUT2D eigenvalue weighted by atomic mass is 35.5. The first-order valence-electron chi connectivity index (χ1n) is 6.19. The van der Waals surface area contributed by atoms with Crippen molar-refractivity contribution in [3.8, 4) is 0 Å². The average Bonchev–Trinajstić information content (AvgIpc) is 2.33. The summed E-state index contributed by atoms with van der Waals surface area (Å²) in [5, 5.41) is 5.67. The summed E-state index contributed by atoms with van der Waals surface area (Å²) in [7, 11) is -3.35. The van der Waals surface area contributed by atoms with Gasteiger partial charge in [0, 0.05) is 11.6 Å². The van der Waals surface area contributed by atoms with Gasteiger partial charge in [-0.15, -0.1) is 0 Å². The number of halogens is 1. The first-order valence-corrected chi connectivity index (χ1v) is 8.29. The summed E-state index contributed by atoms with van der Waals surface area (Å²) in [5.41, 5.74) is 1.07. The molecule has 0 bridgehead atoms. The highest BCUT2D eigenvalue weighted by Crippen LogP contribution is 2.12. The summed E-state index contributed by atoms with van der Waals surface area (Å²) in [6, 6.07) is 7.50. The van der Waals surface area contributed by atoms with E-state index in [1.54, 1.807) is 0 Å². The average molecular weight is 306 g/mol. The van der Waals surface area contributed by atoms with Crippen LogP contribution in [-0.2, 0) is 21.4 Å². The molecular weight excluding hydrogens is 286 g/mol. The molecular formula is C13H20ClNO3S. The zero-order valence-corrected chi connectivity index (χ0v) is 12.6. The third-order valence-electron chi connectivity index (χ3n) is 2.83. The minimum absolute atomic E-state index is 0.0331. The van der Waals surface area contributed by atoms with Crippen molar-refractivity contribution < 1.29 is 13.2 Å². The van der Waals surface area contributed by atoms with Crippen LogP contribution in [-0.4, -0.2) is 20.8 Å². The van der Waals surface area contributed by atoms with Crippen molar-refractivity contribution in [2.45, 2.75) is 26.4 Å². The number of rotatable bonds is 8. The Bertz CT molecular complexity index is 473. The Hall–Kier alpha value is -0.620. The lowest BCUT2D eigenvalue weighted by molar-refractivity contribution is 0.108. The second-order valence-corrected chi connectivity index (χ2v) is 6.90. The Labute approximate surface area is 120 Å². The molecule has 0 saturated carbocycles. The summed E-state index contributed by atoms with van der Waals surface area (Å²) >= 11 is 5.79. The smallest absolute Gasteiger partial charge is 0.209 e. The lowest BCUT2D eigenvalue weighted by atomic mass is 10.1. The van der Waals surface area contributed by atoms with Gasteiger partial charge < -0.3 is 4.74 Å². The van der Waals surface area contributed by atoms with Gasteiger partial charge in [0.2, 0.25) is 10.0 Å². The normalized spacial score (nSPS) is 13.4. The molecule has 1 atom stereocenters. The number of benzene rings is 1. The minimum atomic E-state index is -3.35. The molecule has 1 aromatic carbocycles. The fourth-order valence-electron chi connectivity index (χ4n) is 1.56. The molecule has 4 nitrogen and oxygen atoms in total. The molecule has 6 heteroatoms. The Morgan fingerprint density at radius 2 is 1.89 bits per heavy atom. The van der Waals surface area contributed by atoms with Crippen LogP contribution in [0.1, 0.15) is 25.3 Å². The Balaban J connectivity index is 2.15. The molecule has 19 heavy (non-hydrogen) atoms. The van der Waals surface area contributed by atoms with E-state index in [-0.39, 0.29) is 11.7 Å². The van der Waals surface area contributed by atoms with Crippen LogP contribution in [0.4, 0.5) is 0 Å². The molecule has 0 saturated heterocycles. The van der Waals surface area contributed by atoms with E-state index in [9.17, 15) is 8.42 Å². The Morgan fingerprint density at radius 1 is 1.26 bits per heavy atom. The highest BCUT2D eigenvalue weighted by Gasteiger charge is 2.08. The van der Waals surface area contributed by atoms with Gasteiger partial charge in [0.05, 0.1) is 12.4 Å². The van der Waals surface area contributed by atoms with Gasteiger partial charge in [0.15, 0.2) is 0 Å². The van der Waals surface area contributed by atoms with Crippen LogP contribution in [0.3, 0.4) is 0 Å². The Morgan fingerprint density at radius 3 is 2.47 bits per heavy atom. The molecule has 0 aliphatic rings. The largest absolute Gasteiger partial charge is 0.377 e. The van der Waals surface area contributed by atoms with E-state index in [0.717, 1.165) is 12.0 Å². The van der Waals surface area contributed by atoms with Crippen molar-refractivity contribution in [3.05, 3.63) is 34.9 Å². The van der Waals surface area contributed by atoms with Crippen molar-refractivity contribution in [2.24, 2.45) is 11.1 Å². The molecule has 2 N–H and O–H groups in total. The number of hydrogen-bond donors (Lipinski definition) is 1. The number of ether oxygens (including phenoxy) is 1. The van der Waals surface area contributed by atoms with E-state index in [0.29, 0.717) is 24.7 Å². The number of sulfonamides is 1. The predicted octanol–water partition coefficient (Wildman–Crippen LogP) is 2.56. The third kappa shape index (κ3) is 8.21. The predicted molar refractivity (Wildman–Crippen MR) is 77.5 cm³/mol. The molecule has 0 aliphatic heterocycles. The summed E-state index contributed by atoms with van der Waals surface area (Å²) in [5.74, 6) is 0.314. The molecule has 0 aromatic heterocycles. The molecule has 108 valence electrons. The zero-order valence-electron chi connectivity index (χ0n) is 11.0. The molecule has 1 rings (SSSR count). The summed E-state index contributed by atoms with van der Waals surface area (Å²) < 4.78 is 27.2. The van der Waals surface area contributed by atoms with Crippen molar-refractivity contribution >= 4 is 21.6 Å². The maximum Gasteiger partial charge on any atom is 0.209 e. The minimum Gasteiger partial charge on any atom is -0.377 e. The van der Waals surface area contributed by atoms with Gasteiger partial charge in [-0.25, -0.2) is 13.6 Å². The van der Waals surface area contributed by atoms with Crippen LogP contribution in [0.5, 0.6) is 0 Å². The second kappa shape index (κ2) is 7.85. The van der Waals surface area contributed by atoms with E-state index in [2.05, 4.69) is 0 Å². The van der Waals surface area contributed by atoms with Gasteiger partial charge in [-0.1, -0.05) is 30.7 Å². The van der Waals surface area contributed by atoms with Crippen molar-refractivity contribution in [1.82, 2.24) is 0 Å².